The van der Waals surface area contributed by atoms with Crippen LogP contribution in [0.4, 0.5) is 5.69 Å². The first kappa shape index (κ1) is 14.6. The van der Waals surface area contributed by atoms with E-state index in [1.165, 1.54) is 0 Å². The highest BCUT2D eigenvalue weighted by Gasteiger charge is 2.12. The van der Waals surface area contributed by atoms with Crippen molar-refractivity contribution >= 4 is 15.7 Å². The van der Waals surface area contributed by atoms with Crippen LogP contribution >= 0.6 is 0 Å². The highest BCUT2D eigenvalue weighted by atomic mass is 32.2. The summed E-state index contributed by atoms with van der Waals surface area (Å²) in [5.74, 6) is 5.66. The highest BCUT2D eigenvalue weighted by molar-refractivity contribution is 7.89. The molecule has 0 fully saturated rings. The molecule has 0 unspecified atom stereocenters. The van der Waals surface area contributed by atoms with Gasteiger partial charge in [0.25, 0.3) is 0 Å². The van der Waals surface area contributed by atoms with Crippen molar-refractivity contribution < 1.29 is 8.42 Å². The normalized spacial score (nSPS) is 10.6. The third kappa shape index (κ3) is 4.40. The van der Waals surface area contributed by atoms with Crippen LogP contribution in [0.5, 0.6) is 0 Å². The SMILES string of the molecule is CC#CCNc1ccc(S(=O)(=O)NCCC)cc1. The highest BCUT2D eigenvalue weighted by Crippen LogP contribution is 2.13. The van der Waals surface area contributed by atoms with Crippen molar-refractivity contribution in [2.24, 2.45) is 0 Å². The predicted molar refractivity (Wildman–Crippen MR) is 73.9 cm³/mol. The van der Waals surface area contributed by atoms with E-state index in [0.717, 1.165) is 12.1 Å². The quantitative estimate of drug-likeness (QED) is 0.772. The van der Waals surface area contributed by atoms with Gasteiger partial charge in [-0.1, -0.05) is 12.8 Å². The molecule has 5 heteroatoms. The van der Waals surface area contributed by atoms with Crippen molar-refractivity contribution in [3.05, 3.63) is 24.3 Å². The van der Waals surface area contributed by atoms with Crippen molar-refractivity contribution in [3.63, 3.8) is 0 Å². The van der Waals surface area contributed by atoms with Gasteiger partial charge in [0.2, 0.25) is 10.0 Å². The topological polar surface area (TPSA) is 58.2 Å². The van der Waals surface area contributed by atoms with Crippen LogP contribution in [0.15, 0.2) is 29.2 Å². The fourth-order valence-corrected chi connectivity index (χ4v) is 2.44. The first-order chi connectivity index (χ1) is 8.60. The van der Waals surface area contributed by atoms with E-state index in [9.17, 15) is 8.42 Å². The Balaban J connectivity index is 2.72. The maximum atomic E-state index is 11.8. The van der Waals surface area contributed by atoms with Gasteiger partial charge in [-0.25, -0.2) is 13.1 Å². The Bertz CT molecular complexity index is 524. The van der Waals surface area contributed by atoms with Crippen LogP contribution in [0, 0.1) is 11.8 Å². The minimum Gasteiger partial charge on any atom is -0.374 e. The van der Waals surface area contributed by atoms with Gasteiger partial charge < -0.3 is 5.32 Å². The number of anilines is 1. The van der Waals surface area contributed by atoms with Gasteiger partial charge in [0.15, 0.2) is 0 Å². The van der Waals surface area contributed by atoms with Crippen LogP contribution in [0.25, 0.3) is 0 Å². The molecule has 0 aliphatic heterocycles. The number of rotatable bonds is 6. The first-order valence-corrected chi connectivity index (χ1v) is 7.31. The Labute approximate surface area is 109 Å². The first-order valence-electron chi connectivity index (χ1n) is 5.83. The Morgan fingerprint density at radius 2 is 1.89 bits per heavy atom. The molecule has 0 spiro atoms. The summed E-state index contributed by atoms with van der Waals surface area (Å²) >= 11 is 0. The number of nitrogens with one attached hydrogen (secondary N) is 2. The summed E-state index contributed by atoms with van der Waals surface area (Å²) < 4.78 is 26.1. The molecule has 0 aliphatic carbocycles. The zero-order valence-electron chi connectivity index (χ0n) is 10.7. The molecule has 18 heavy (non-hydrogen) atoms. The number of hydrogen-bond acceptors (Lipinski definition) is 3. The van der Waals surface area contributed by atoms with Crippen molar-refractivity contribution in [2.75, 3.05) is 18.4 Å². The molecule has 4 nitrogen and oxygen atoms in total. The molecule has 98 valence electrons. The third-order valence-corrected chi connectivity index (χ3v) is 3.74. The lowest BCUT2D eigenvalue weighted by Crippen LogP contribution is -2.24. The fourth-order valence-electron chi connectivity index (χ4n) is 1.31. The third-order valence-electron chi connectivity index (χ3n) is 2.26. The van der Waals surface area contributed by atoms with Crippen LogP contribution in [-0.2, 0) is 10.0 Å². The lowest BCUT2D eigenvalue weighted by Gasteiger charge is -2.07. The second-order valence-corrected chi connectivity index (χ2v) is 5.47. The van der Waals surface area contributed by atoms with Crippen LogP contribution in [-0.4, -0.2) is 21.5 Å². The van der Waals surface area contributed by atoms with Crippen molar-refractivity contribution in [3.8, 4) is 11.8 Å². The standard InChI is InChI=1S/C13H18N2O2S/c1-3-5-11-14-12-6-8-13(9-7-12)18(16,17)15-10-4-2/h6-9,14-15H,4,10-11H2,1-2H3. The number of hydrogen-bond donors (Lipinski definition) is 2. The Kier molecular flexibility index (Phi) is 5.69. The second-order valence-electron chi connectivity index (χ2n) is 3.70. The van der Waals surface area contributed by atoms with E-state index in [1.807, 2.05) is 6.92 Å². The molecule has 0 aliphatic rings. The molecule has 0 amide bonds. The molecule has 1 aromatic carbocycles. The van der Waals surface area contributed by atoms with E-state index in [1.54, 1.807) is 31.2 Å². The summed E-state index contributed by atoms with van der Waals surface area (Å²) in [5.41, 5.74) is 0.854. The molecule has 0 saturated carbocycles. The van der Waals surface area contributed by atoms with E-state index in [4.69, 9.17) is 0 Å². The van der Waals surface area contributed by atoms with Gasteiger partial charge in [-0.05, 0) is 37.6 Å². The van der Waals surface area contributed by atoms with E-state index in [-0.39, 0.29) is 4.90 Å². The minimum absolute atomic E-state index is 0.281. The molecule has 2 N–H and O–H groups in total. The van der Waals surface area contributed by atoms with Crippen LogP contribution in [0.2, 0.25) is 0 Å². The van der Waals surface area contributed by atoms with Gasteiger partial charge in [-0.3, -0.25) is 0 Å². The lowest BCUT2D eigenvalue weighted by molar-refractivity contribution is 0.581. The zero-order valence-corrected chi connectivity index (χ0v) is 11.5. The van der Waals surface area contributed by atoms with Gasteiger partial charge in [0, 0.05) is 12.2 Å². The monoisotopic (exact) mass is 266 g/mol. The Hall–Kier alpha value is -1.51. The summed E-state index contributed by atoms with van der Waals surface area (Å²) in [6, 6.07) is 6.63. The van der Waals surface area contributed by atoms with Gasteiger partial charge in [-0.2, -0.15) is 0 Å². The summed E-state index contributed by atoms with van der Waals surface area (Å²) in [7, 11) is -3.37. The maximum Gasteiger partial charge on any atom is 0.240 e. The minimum atomic E-state index is -3.37. The molecule has 0 bridgehead atoms. The average Bonchev–Trinajstić information content (AvgIpc) is 2.37. The van der Waals surface area contributed by atoms with Crippen molar-refractivity contribution in [1.82, 2.24) is 4.72 Å². The van der Waals surface area contributed by atoms with E-state index in [0.29, 0.717) is 13.1 Å². The predicted octanol–water partition coefficient (Wildman–Crippen LogP) is 1.81. The molecule has 0 atom stereocenters. The van der Waals surface area contributed by atoms with Gasteiger partial charge in [-0.15, -0.1) is 5.92 Å². The maximum absolute atomic E-state index is 11.8. The molecule has 0 aromatic heterocycles. The average molecular weight is 266 g/mol. The molecule has 0 radical (unpaired) electrons. The smallest absolute Gasteiger partial charge is 0.240 e. The van der Waals surface area contributed by atoms with Gasteiger partial charge in [0.05, 0.1) is 11.4 Å². The van der Waals surface area contributed by atoms with Gasteiger partial charge >= 0.3 is 0 Å². The zero-order chi connectivity index (χ0) is 13.4. The van der Waals surface area contributed by atoms with Crippen LogP contribution in [0.3, 0.4) is 0 Å². The van der Waals surface area contributed by atoms with E-state index < -0.39 is 10.0 Å². The molecular formula is C13H18N2O2S. The molecule has 0 heterocycles. The number of sulfonamides is 1. The Morgan fingerprint density at radius 1 is 1.22 bits per heavy atom. The summed E-state index contributed by atoms with van der Waals surface area (Å²) in [6.07, 6.45) is 0.772. The fraction of sp³-hybridized carbons (Fsp3) is 0.385. The molecule has 0 saturated heterocycles. The Morgan fingerprint density at radius 3 is 2.44 bits per heavy atom. The van der Waals surface area contributed by atoms with Gasteiger partial charge in [0.1, 0.15) is 0 Å². The van der Waals surface area contributed by atoms with Crippen molar-refractivity contribution in [1.29, 1.82) is 0 Å². The largest absolute Gasteiger partial charge is 0.374 e. The molecule has 1 rings (SSSR count). The summed E-state index contributed by atoms with van der Waals surface area (Å²) in [6.45, 7) is 4.70. The second kappa shape index (κ2) is 7.04. The van der Waals surface area contributed by atoms with Crippen molar-refractivity contribution in [2.45, 2.75) is 25.2 Å². The summed E-state index contributed by atoms with van der Waals surface area (Å²) in [5, 5.41) is 3.08. The number of benzene rings is 1. The van der Waals surface area contributed by atoms with Crippen LogP contribution < -0.4 is 10.0 Å². The summed E-state index contributed by atoms with van der Waals surface area (Å²) in [4.78, 5) is 0.281. The van der Waals surface area contributed by atoms with E-state index in [2.05, 4.69) is 21.9 Å². The molecule has 1 aromatic rings. The lowest BCUT2D eigenvalue weighted by atomic mass is 10.3. The molecular weight excluding hydrogens is 248 g/mol. The van der Waals surface area contributed by atoms with E-state index >= 15 is 0 Å². The van der Waals surface area contributed by atoms with Crippen LogP contribution in [0.1, 0.15) is 20.3 Å².